The van der Waals surface area contributed by atoms with E-state index in [2.05, 4.69) is 51.3 Å². The number of hydrogen-bond acceptors (Lipinski definition) is 3. The maximum Gasteiger partial charge on any atom is 0.142 e. The van der Waals surface area contributed by atoms with E-state index < -0.39 is 0 Å². The molecule has 3 nitrogen and oxygen atoms in total. The third-order valence-electron chi connectivity index (χ3n) is 4.84. The van der Waals surface area contributed by atoms with Gasteiger partial charge in [0.2, 0.25) is 0 Å². The predicted octanol–water partition coefficient (Wildman–Crippen LogP) is 3.96. The van der Waals surface area contributed by atoms with Crippen molar-refractivity contribution in [3.05, 3.63) is 22.7 Å². The van der Waals surface area contributed by atoms with Crippen LogP contribution in [-0.2, 0) is 0 Å². The first-order valence-corrected chi connectivity index (χ1v) is 8.87. The Bertz CT molecular complexity index is 480. The minimum Gasteiger partial charge on any atom is -0.495 e. The zero-order valence-electron chi connectivity index (χ0n) is 12.9. The van der Waals surface area contributed by atoms with E-state index in [-0.39, 0.29) is 0 Å². The van der Waals surface area contributed by atoms with Gasteiger partial charge in [0.25, 0.3) is 0 Å². The second-order valence-corrected chi connectivity index (χ2v) is 7.15. The van der Waals surface area contributed by atoms with Crippen molar-refractivity contribution in [1.82, 2.24) is 5.32 Å². The molecule has 0 spiro atoms. The van der Waals surface area contributed by atoms with Gasteiger partial charge in [-0.05, 0) is 56.8 Å². The van der Waals surface area contributed by atoms with Gasteiger partial charge in [0.15, 0.2) is 0 Å². The average Bonchev–Trinajstić information content (AvgIpc) is 2.75. The summed E-state index contributed by atoms with van der Waals surface area (Å²) in [5, 5.41) is 3.72. The van der Waals surface area contributed by atoms with Crippen molar-refractivity contribution in [2.45, 2.75) is 57.2 Å². The van der Waals surface area contributed by atoms with E-state index in [1.54, 1.807) is 7.11 Å². The van der Waals surface area contributed by atoms with Crippen LogP contribution >= 0.6 is 15.9 Å². The number of methoxy groups -OCH3 is 1. The van der Waals surface area contributed by atoms with Crippen molar-refractivity contribution < 1.29 is 4.74 Å². The molecule has 3 rings (SSSR count). The smallest absolute Gasteiger partial charge is 0.142 e. The van der Waals surface area contributed by atoms with Crippen molar-refractivity contribution >= 4 is 21.6 Å². The maximum atomic E-state index is 5.59. The number of ether oxygens (including phenoxy) is 1. The van der Waals surface area contributed by atoms with Gasteiger partial charge in [0.05, 0.1) is 12.8 Å². The van der Waals surface area contributed by atoms with Gasteiger partial charge in [0.1, 0.15) is 5.75 Å². The number of nitrogens with one attached hydrogen (secondary N) is 1. The Labute approximate surface area is 136 Å². The molecule has 2 atom stereocenters. The fourth-order valence-corrected chi connectivity index (χ4v) is 4.30. The zero-order chi connectivity index (χ0) is 14.8. The van der Waals surface area contributed by atoms with Crippen molar-refractivity contribution in [3.63, 3.8) is 0 Å². The highest BCUT2D eigenvalue weighted by Gasteiger charge is 2.41. The van der Waals surface area contributed by atoms with Crippen molar-refractivity contribution in [2.75, 3.05) is 18.6 Å². The largest absolute Gasteiger partial charge is 0.495 e. The number of nitrogens with zero attached hydrogens (tertiary/aromatic N) is 1. The maximum absolute atomic E-state index is 5.59. The van der Waals surface area contributed by atoms with Crippen LogP contribution < -0.4 is 15.0 Å². The fourth-order valence-electron chi connectivity index (χ4n) is 3.95. The van der Waals surface area contributed by atoms with E-state index in [0.717, 1.165) is 16.8 Å². The second-order valence-electron chi connectivity index (χ2n) is 6.23. The molecule has 0 radical (unpaired) electrons. The molecule has 0 aromatic heterocycles. The van der Waals surface area contributed by atoms with Gasteiger partial charge in [-0.3, -0.25) is 0 Å². The average molecular weight is 353 g/mol. The third-order valence-corrected chi connectivity index (χ3v) is 5.33. The summed E-state index contributed by atoms with van der Waals surface area (Å²) in [6.45, 7) is 3.38. The van der Waals surface area contributed by atoms with Gasteiger partial charge in [-0.15, -0.1) is 0 Å². The van der Waals surface area contributed by atoms with Gasteiger partial charge < -0.3 is 15.0 Å². The number of benzene rings is 1. The molecule has 2 aliphatic heterocycles. The molecule has 1 aromatic carbocycles. The van der Waals surface area contributed by atoms with E-state index in [0.29, 0.717) is 18.1 Å². The van der Waals surface area contributed by atoms with Crippen LogP contribution in [0.15, 0.2) is 22.7 Å². The lowest BCUT2D eigenvalue weighted by atomic mass is 9.96. The zero-order valence-corrected chi connectivity index (χ0v) is 14.5. The van der Waals surface area contributed by atoms with Gasteiger partial charge >= 0.3 is 0 Å². The highest BCUT2D eigenvalue weighted by molar-refractivity contribution is 9.10. The summed E-state index contributed by atoms with van der Waals surface area (Å²) in [6, 6.07) is 8.34. The molecule has 2 unspecified atom stereocenters. The van der Waals surface area contributed by atoms with E-state index >= 15 is 0 Å². The number of fused-ring (bicyclic) bond motifs is 2. The van der Waals surface area contributed by atoms with Gasteiger partial charge in [-0.1, -0.05) is 22.9 Å². The quantitative estimate of drug-likeness (QED) is 0.867. The van der Waals surface area contributed by atoms with Crippen LogP contribution in [0.4, 0.5) is 5.69 Å². The monoisotopic (exact) mass is 352 g/mol. The minimum absolute atomic E-state index is 0.654. The Morgan fingerprint density at radius 2 is 2.00 bits per heavy atom. The summed E-state index contributed by atoms with van der Waals surface area (Å²) < 4.78 is 6.72. The summed E-state index contributed by atoms with van der Waals surface area (Å²) in [5.41, 5.74) is 1.26. The number of halogens is 1. The highest BCUT2D eigenvalue weighted by Crippen LogP contribution is 2.43. The third kappa shape index (κ3) is 3.07. The van der Waals surface area contributed by atoms with Crippen molar-refractivity contribution in [3.8, 4) is 5.75 Å². The summed E-state index contributed by atoms with van der Waals surface area (Å²) in [6.07, 6.45) is 6.35. The normalized spacial score (nSPS) is 28.0. The SMILES string of the molecule is CCCNC1CC2CCC(C1)N2c1cc(Br)ccc1OC. The van der Waals surface area contributed by atoms with Crippen LogP contribution in [0.25, 0.3) is 0 Å². The van der Waals surface area contributed by atoms with Crippen LogP contribution in [0.1, 0.15) is 39.0 Å². The molecule has 2 aliphatic rings. The summed E-state index contributed by atoms with van der Waals surface area (Å²) >= 11 is 3.60. The predicted molar refractivity (Wildman–Crippen MR) is 91.3 cm³/mol. The molecular formula is C17H25BrN2O. The molecule has 2 saturated heterocycles. The van der Waals surface area contributed by atoms with Crippen LogP contribution in [0.5, 0.6) is 5.75 Å². The Morgan fingerprint density at radius 3 is 2.62 bits per heavy atom. The molecule has 4 heteroatoms. The van der Waals surface area contributed by atoms with Crippen LogP contribution in [0.3, 0.4) is 0 Å². The van der Waals surface area contributed by atoms with E-state index in [9.17, 15) is 0 Å². The Hall–Kier alpha value is -0.740. The molecule has 1 aromatic rings. The Balaban J connectivity index is 1.80. The number of rotatable bonds is 5. The Morgan fingerprint density at radius 1 is 1.29 bits per heavy atom. The standard InChI is InChI=1S/C17H25BrN2O/c1-3-8-19-13-10-14-5-6-15(11-13)20(14)16-9-12(18)4-7-17(16)21-2/h4,7,9,13-15,19H,3,5-6,8,10-11H2,1-2H3. The van der Waals surface area contributed by atoms with Gasteiger partial charge in [-0.2, -0.15) is 0 Å². The van der Waals surface area contributed by atoms with E-state index in [4.69, 9.17) is 4.74 Å². The lowest BCUT2D eigenvalue weighted by Crippen LogP contribution is -2.49. The van der Waals surface area contributed by atoms with Gasteiger partial charge in [0, 0.05) is 22.6 Å². The van der Waals surface area contributed by atoms with Crippen LogP contribution in [0, 0.1) is 0 Å². The number of anilines is 1. The van der Waals surface area contributed by atoms with E-state index in [1.807, 2.05) is 0 Å². The molecule has 2 fully saturated rings. The molecule has 0 aliphatic carbocycles. The molecule has 0 saturated carbocycles. The molecule has 2 bridgehead atoms. The second kappa shape index (κ2) is 6.57. The summed E-state index contributed by atoms with van der Waals surface area (Å²) in [4.78, 5) is 2.62. The van der Waals surface area contributed by atoms with Crippen molar-refractivity contribution in [2.24, 2.45) is 0 Å². The first-order valence-electron chi connectivity index (χ1n) is 8.08. The first-order chi connectivity index (χ1) is 10.2. The first kappa shape index (κ1) is 15.2. The number of piperidine rings is 1. The molecule has 2 heterocycles. The fraction of sp³-hybridized carbons (Fsp3) is 0.647. The van der Waals surface area contributed by atoms with Crippen molar-refractivity contribution in [1.29, 1.82) is 0 Å². The Kier molecular flexibility index (Phi) is 4.75. The van der Waals surface area contributed by atoms with Crippen LogP contribution in [-0.4, -0.2) is 31.8 Å². The number of hydrogen-bond donors (Lipinski definition) is 1. The molecule has 1 N–H and O–H groups in total. The van der Waals surface area contributed by atoms with E-state index in [1.165, 1.54) is 37.8 Å². The lowest BCUT2D eigenvalue weighted by Gasteiger charge is -2.41. The minimum atomic E-state index is 0.654. The molecule has 116 valence electrons. The van der Waals surface area contributed by atoms with Crippen LogP contribution in [0.2, 0.25) is 0 Å². The lowest BCUT2D eigenvalue weighted by molar-refractivity contribution is 0.351. The van der Waals surface area contributed by atoms with Gasteiger partial charge in [-0.25, -0.2) is 0 Å². The topological polar surface area (TPSA) is 24.5 Å². The molecule has 21 heavy (non-hydrogen) atoms. The summed E-state index contributed by atoms with van der Waals surface area (Å²) in [5.74, 6) is 0.995. The summed E-state index contributed by atoms with van der Waals surface area (Å²) in [7, 11) is 1.77. The highest BCUT2D eigenvalue weighted by atomic mass is 79.9. The molecule has 0 amide bonds. The molecular weight excluding hydrogens is 328 g/mol.